The van der Waals surface area contributed by atoms with Crippen molar-refractivity contribution in [3.63, 3.8) is 0 Å². The van der Waals surface area contributed by atoms with Crippen LogP contribution in [-0.2, 0) is 9.53 Å². The van der Waals surface area contributed by atoms with Gasteiger partial charge in [0.1, 0.15) is 11.6 Å². The summed E-state index contributed by atoms with van der Waals surface area (Å²) in [6.45, 7) is 3.16. The molecule has 5 heteroatoms. The molecule has 0 aliphatic rings. The second-order valence-corrected chi connectivity index (χ2v) is 3.45. The summed E-state index contributed by atoms with van der Waals surface area (Å²) in [7, 11) is 0. The minimum Gasteiger partial charge on any atom is -0.481 e. The van der Waals surface area contributed by atoms with Crippen LogP contribution in [0.25, 0.3) is 0 Å². The van der Waals surface area contributed by atoms with E-state index in [0.29, 0.717) is 5.56 Å². The lowest BCUT2D eigenvalue weighted by molar-refractivity contribution is -0.145. The fourth-order valence-electron chi connectivity index (χ4n) is 1.32. The summed E-state index contributed by atoms with van der Waals surface area (Å²) in [6.07, 6.45) is -0.798. The van der Waals surface area contributed by atoms with Crippen molar-refractivity contribution in [1.82, 2.24) is 0 Å². The Morgan fingerprint density at radius 2 is 2.24 bits per heavy atom. The Labute approximate surface area is 99.0 Å². The number of halogens is 1. The molecular formula is C12H15FO4. The predicted molar refractivity (Wildman–Crippen MR) is 59.2 cm³/mol. The van der Waals surface area contributed by atoms with E-state index in [-0.39, 0.29) is 19.0 Å². The summed E-state index contributed by atoms with van der Waals surface area (Å²) < 4.78 is 22.8. The third-order valence-corrected chi connectivity index (χ3v) is 2.08. The first-order valence-corrected chi connectivity index (χ1v) is 5.30. The number of carbonyl (C=O) groups excluding carboxylic acids is 1. The standard InChI is InChI=1S/C12H15FO4/c1-3-16-12(15)7-17-11-6-9(13)4-5-10(11)8(2)14/h4-6,8,14H,3,7H2,1-2H3/t8-/m1/s1. The lowest BCUT2D eigenvalue weighted by Crippen LogP contribution is -2.15. The fraction of sp³-hybridized carbons (Fsp3) is 0.417. The molecule has 0 radical (unpaired) electrons. The van der Waals surface area contributed by atoms with Gasteiger partial charge in [0.05, 0.1) is 12.7 Å². The molecule has 1 atom stereocenters. The molecule has 0 spiro atoms. The first-order chi connectivity index (χ1) is 8.04. The maximum atomic E-state index is 13.0. The molecule has 4 nitrogen and oxygen atoms in total. The van der Waals surface area contributed by atoms with E-state index in [9.17, 15) is 14.3 Å². The average Bonchev–Trinajstić information content (AvgIpc) is 2.26. The van der Waals surface area contributed by atoms with E-state index in [4.69, 9.17) is 4.74 Å². The van der Waals surface area contributed by atoms with Gasteiger partial charge in [0, 0.05) is 11.6 Å². The van der Waals surface area contributed by atoms with Crippen LogP contribution in [-0.4, -0.2) is 24.3 Å². The molecule has 1 aromatic rings. The van der Waals surface area contributed by atoms with Gasteiger partial charge in [-0.2, -0.15) is 0 Å². The van der Waals surface area contributed by atoms with Gasteiger partial charge in [-0.05, 0) is 26.0 Å². The number of aliphatic hydroxyl groups is 1. The van der Waals surface area contributed by atoms with Crippen LogP contribution in [0, 0.1) is 5.82 Å². The van der Waals surface area contributed by atoms with Crippen molar-refractivity contribution in [3.8, 4) is 5.75 Å². The zero-order valence-corrected chi connectivity index (χ0v) is 9.77. The van der Waals surface area contributed by atoms with Gasteiger partial charge in [-0.25, -0.2) is 9.18 Å². The highest BCUT2D eigenvalue weighted by Crippen LogP contribution is 2.25. The summed E-state index contributed by atoms with van der Waals surface area (Å²) >= 11 is 0. The van der Waals surface area contributed by atoms with E-state index in [1.165, 1.54) is 19.1 Å². The molecule has 17 heavy (non-hydrogen) atoms. The van der Waals surface area contributed by atoms with Gasteiger partial charge in [-0.1, -0.05) is 0 Å². The van der Waals surface area contributed by atoms with Crippen LogP contribution in [0.4, 0.5) is 4.39 Å². The average molecular weight is 242 g/mol. The van der Waals surface area contributed by atoms with Crippen LogP contribution in [0.15, 0.2) is 18.2 Å². The fourth-order valence-corrected chi connectivity index (χ4v) is 1.32. The predicted octanol–water partition coefficient (Wildman–Crippen LogP) is 1.82. The van der Waals surface area contributed by atoms with Crippen LogP contribution in [0.1, 0.15) is 25.5 Å². The van der Waals surface area contributed by atoms with Crippen molar-refractivity contribution in [2.45, 2.75) is 20.0 Å². The molecule has 1 aromatic carbocycles. The lowest BCUT2D eigenvalue weighted by atomic mass is 10.1. The number of aliphatic hydroxyl groups excluding tert-OH is 1. The maximum Gasteiger partial charge on any atom is 0.344 e. The van der Waals surface area contributed by atoms with E-state index < -0.39 is 17.9 Å². The number of carbonyl (C=O) groups is 1. The monoisotopic (exact) mass is 242 g/mol. The first-order valence-electron chi connectivity index (χ1n) is 5.30. The molecule has 0 fully saturated rings. The highest BCUT2D eigenvalue weighted by molar-refractivity contribution is 5.71. The molecule has 0 saturated heterocycles. The molecular weight excluding hydrogens is 227 g/mol. The largest absolute Gasteiger partial charge is 0.481 e. The third kappa shape index (κ3) is 4.03. The van der Waals surface area contributed by atoms with Crippen LogP contribution in [0.2, 0.25) is 0 Å². The topological polar surface area (TPSA) is 55.8 Å². The van der Waals surface area contributed by atoms with Crippen LogP contribution in [0.5, 0.6) is 5.75 Å². The number of benzene rings is 1. The van der Waals surface area contributed by atoms with Gasteiger partial charge in [0.25, 0.3) is 0 Å². The molecule has 0 aliphatic heterocycles. The number of hydrogen-bond acceptors (Lipinski definition) is 4. The molecule has 1 rings (SSSR count). The molecule has 0 unspecified atom stereocenters. The Balaban J connectivity index is 2.75. The van der Waals surface area contributed by atoms with Crippen molar-refractivity contribution < 1.29 is 23.8 Å². The highest BCUT2D eigenvalue weighted by Gasteiger charge is 2.12. The van der Waals surface area contributed by atoms with Gasteiger partial charge in [-0.15, -0.1) is 0 Å². The van der Waals surface area contributed by atoms with Crippen LogP contribution >= 0.6 is 0 Å². The minimum atomic E-state index is -0.798. The van der Waals surface area contributed by atoms with Crippen molar-refractivity contribution in [2.75, 3.05) is 13.2 Å². The second kappa shape index (κ2) is 6.20. The number of rotatable bonds is 5. The van der Waals surface area contributed by atoms with Gasteiger partial charge in [-0.3, -0.25) is 0 Å². The van der Waals surface area contributed by atoms with E-state index >= 15 is 0 Å². The molecule has 0 heterocycles. The SMILES string of the molecule is CCOC(=O)COc1cc(F)ccc1[C@@H](C)O. The summed E-state index contributed by atoms with van der Waals surface area (Å²) in [5, 5.41) is 9.45. The maximum absolute atomic E-state index is 13.0. The Kier molecular flexibility index (Phi) is 4.90. The molecule has 0 aliphatic carbocycles. The Morgan fingerprint density at radius 1 is 1.53 bits per heavy atom. The van der Waals surface area contributed by atoms with E-state index in [1.807, 2.05) is 0 Å². The minimum absolute atomic E-state index is 0.146. The number of esters is 1. The van der Waals surface area contributed by atoms with Crippen molar-refractivity contribution >= 4 is 5.97 Å². The molecule has 1 N–H and O–H groups in total. The first kappa shape index (κ1) is 13.4. The second-order valence-electron chi connectivity index (χ2n) is 3.45. The summed E-state index contributed by atoms with van der Waals surface area (Å²) in [6, 6.07) is 3.76. The highest BCUT2D eigenvalue weighted by atomic mass is 19.1. The Bertz CT molecular complexity index is 390. The molecule has 94 valence electrons. The number of ether oxygens (including phenoxy) is 2. The lowest BCUT2D eigenvalue weighted by Gasteiger charge is -2.12. The molecule has 0 aromatic heterocycles. The van der Waals surface area contributed by atoms with Crippen LogP contribution < -0.4 is 4.74 Å². The van der Waals surface area contributed by atoms with Gasteiger partial charge < -0.3 is 14.6 Å². The molecule has 0 bridgehead atoms. The third-order valence-electron chi connectivity index (χ3n) is 2.08. The zero-order chi connectivity index (χ0) is 12.8. The van der Waals surface area contributed by atoms with Crippen molar-refractivity contribution in [2.24, 2.45) is 0 Å². The van der Waals surface area contributed by atoms with Crippen LogP contribution in [0.3, 0.4) is 0 Å². The van der Waals surface area contributed by atoms with Gasteiger partial charge in [0.15, 0.2) is 6.61 Å². The summed E-state index contributed by atoms with van der Waals surface area (Å²) in [5.74, 6) is -0.880. The smallest absolute Gasteiger partial charge is 0.344 e. The molecule has 0 amide bonds. The number of hydrogen-bond donors (Lipinski definition) is 1. The van der Waals surface area contributed by atoms with Gasteiger partial charge >= 0.3 is 5.97 Å². The zero-order valence-electron chi connectivity index (χ0n) is 9.77. The van der Waals surface area contributed by atoms with E-state index in [2.05, 4.69) is 4.74 Å². The van der Waals surface area contributed by atoms with Crippen molar-refractivity contribution in [1.29, 1.82) is 0 Å². The van der Waals surface area contributed by atoms with E-state index in [0.717, 1.165) is 6.07 Å². The van der Waals surface area contributed by atoms with E-state index in [1.54, 1.807) is 6.92 Å². The quantitative estimate of drug-likeness (QED) is 0.800. The Hall–Kier alpha value is -1.62. The Morgan fingerprint density at radius 3 is 2.82 bits per heavy atom. The van der Waals surface area contributed by atoms with Crippen molar-refractivity contribution in [3.05, 3.63) is 29.6 Å². The summed E-state index contributed by atoms with van der Waals surface area (Å²) in [4.78, 5) is 11.1. The molecule has 0 saturated carbocycles. The summed E-state index contributed by atoms with van der Waals surface area (Å²) in [5.41, 5.74) is 0.427. The van der Waals surface area contributed by atoms with Gasteiger partial charge in [0.2, 0.25) is 0 Å². The normalized spacial score (nSPS) is 12.0.